The summed E-state index contributed by atoms with van der Waals surface area (Å²) < 4.78 is 2.15. The van der Waals surface area contributed by atoms with Gasteiger partial charge in [-0.25, -0.2) is 9.97 Å². The maximum absolute atomic E-state index is 12.4. The van der Waals surface area contributed by atoms with Crippen molar-refractivity contribution in [2.75, 3.05) is 13.1 Å². The Labute approximate surface area is 123 Å². The monoisotopic (exact) mass is 285 g/mol. The zero-order chi connectivity index (χ0) is 14.7. The molecule has 0 aliphatic carbocycles. The summed E-state index contributed by atoms with van der Waals surface area (Å²) in [6, 6.07) is 0. The molecule has 2 aromatic rings. The van der Waals surface area contributed by atoms with Crippen LogP contribution in [0.4, 0.5) is 0 Å². The van der Waals surface area contributed by atoms with E-state index in [1.807, 2.05) is 24.2 Å². The molecule has 110 valence electrons. The Hall–Kier alpha value is -2.24. The fourth-order valence-corrected chi connectivity index (χ4v) is 2.84. The SMILES string of the molecule is Cc1nccn1C[C@H]1CCCN(C(=O)c2cnccn2)C1. The molecule has 0 spiro atoms. The van der Waals surface area contributed by atoms with Gasteiger partial charge in [0, 0.05) is 44.4 Å². The van der Waals surface area contributed by atoms with E-state index in [1.54, 1.807) is 12.4 Å². The highest BCUT2D eigenvalue weighted by Gasteiger charge is 2.25. The van der Waals surface area contributed by atoms with E-state index in [9.17, 15) is 4.79 Å². The number of hydrogen-bond donors (Lipinski definition) is 0. The summed E-state index contributed by atoms with van der Waals surface area (Å²) in [6.07, 6.45) is 10.7. The lowest BCUT2D eigenvalue weighted by Crippen LogP contribution is -2.41. The Morgan fingerprint density at radius 3 is 2.95 bits per heavy atom. The number of rotatable bonds is 3. The molecule has 1 saturated heterocycles. The lowest BCUT2D eigenvalue weighted by Gasteiger charge is -2.32. The molecule has 1 aliphatic rings. The van der Waals surface area contributed by atoms with Gasteiger partial charge in [0.1, 0.15) is 11.5 Å². The first-order valence-corrected chi connectivity index (χ1v) is 7.27. The molecule has 6 nitrogen and oxygen atoms in total. The molecule has 1 amide bonds. The Morgan fingerprint density at radius 2 is 2.24 bits per heavy atom. The number of nitrogens with zero attached hydrogens (tertiary/aromatic N) is 5. The van der Waals surface area contributed by atoms with Gasteiger partial charge >= 0.3 is 0 Å². The molecule has 21 heavy (non-hydrogen) atoms. The molecule has 0 N–H and O–H groups in total. The van der Waals surface area contributed by atoms with E-state index < -0.39 is 0 Å². The minimum atomic E-state index is -0.0184. The largest absolute Gasteiger partial charge is 0.337 e. The van der Waals surface area contributed by atoms with Crippen LogP contribution < -0.4 is 0 Å². The number of carbonyl (C=O) groups excluding carboxylic acids is 1. The van der Waals surface area contributed by atoms with Crippen LogP contribution in [0.2, 0.25) is 0 Å². The molecule has 3 rings (SSSR count). The zero-order valence-electron chi connectivity index (χ0n) is 12.1. The van der Waals surface area contributed by atoms with E-state index >= 15 is 0 Å². The van der Waals surface area contributed by atoms with Crippen molar-refractivity contribution in [3.05, 3.63) is 42.5 Å². The van der Waals surface area contributed by atoms with Gasteiger partial charge in [0.2, 0.25) is 0 Å². The highest BCUT2D eigenvalue weighted by molar-refractivity contribution is 5.92. The first kappa shape index (κ1) is 13.7. The summed E-state index contributed by atoms with van der Waals surface area (Å²) in [6.45, 7) is 4.49. The van der Waals surface area contributed by atoms with Gasteiger partial charge in [0.05, 0.1) is 6.20 Å². The average Bonchev–Trinajstić information content (AvgIpc) is 2.93. The van der Waals surface area contributed by atoms with Gasteiger partial charge in [-0.1, -0.05) is 0 Å². The van der Waals surface area contributed by atoms with E-state index in [1.165, 1.54) is 6.20 Å². The number of hydrogen-bond acceptors (Lipinski definition) is 4. The van der Waals surface area contributed by atoms with Crippen LogP contribution in [-0.4, -0.2) is 43.4 Å². The third-order valence-corrected chi connectivity index (χ3v) is 3.97. The fourth-order valence-electron chi connectivity index (χ4n) is 2.84. The summed E-state index contributed by atoms with van der Waals surface area (Å²) in [7, 11) is 0. The number of carbonyl (C=O) groups is 1. The van der Waals surface area contributed by atoms with E-state index in [4.69, 9.17) is 0 Å². The number of aryl methyl sites for hydroxylation is 1. The first-order chi connectivity index (χ1) is 10.2. The molecular weight excluding hydrogens is 266 g/mol. The summed E-state index contributed by atoms with van der Waals surface area (Å²) in [5.41, 5.74) is 0.428. The first-order valence-electron chi connectivity index (χ1n) is 7.27. The summed E-state index contributed by atoms with van der Waals surface area (Å²) in [5, 5.41) is 0. The van der Waals surface area contributed by atoms with E-state index in [0.717, 1.165) is 38.3 Å². The molecule has 1 atom stereocenters. The second-order valence-electron chi connectivity index (χ2n) is 5.48. The number of imidazole rings is 1. The third-order valence-electron chi connectivity index (χ3n) is 3.97. The number of aromatic nitrogens is 4. The van der Waals surface area contributed by atoms with Gasteiger partial charge in [-0.3, -0.25) is 9.78 Å². The van der Waals surface area contributed by atoms with Crippen LogP contribution in [0.15, 0.2) is 31.0 Å². The Balaban J connectivity index is 1.66. The average molecular weight is 285 g/mol. The van der Waals surface area contributed by atoms with Gasteiger partial charge in [-0.05, 0) is 25.7 Å². The molecule has 0 bridgehead atoms. The molecule has 3 heterocycles. The molecule has 0 unspecified atom stereocenters. The van der Waals surface area contributed by atoms with Gasteiger partial charge in [-0.15, -0.1) is 0 Å². The standard InChI is InChI=1S/C15H19N5O/c1-12-17-6-8-19(12)10-13-3-2-7-20(11-13)15(21)14-9-16-4-5-18-14/h4-6,8-9,13H,2-3,7,10-11H2,1H3/t13-/m1/s1. The lowest BCUT2D eigenvalue weighted by atomic mass is 9.97. The van der Waals surface area contributed by atoms with Crippen molar-refractivity contribution >= 4 is 5.91 Å². The minimum Gasteiger partial charge on any atom is -0.337 e. The van der Waals surface area contributed by atoms with Crippen LogP contribution in [-0.2, 0) is 6.54 Å². The minimum absolute atomic E-state index is 0.0184. The van der Waals surface area contributed by atoms with Crippen molar-refractivity contribution in [2.45, 2.75) is 26.3 Å². The van der Waals surface area contributed by atoms with E-state index in [-0.39, 0.29) is 5.91 Å². The van der Waals surface area contributed by atoms with Gasteiger partial charge in [0.25, 0.3) is 5.91 Å². The summed E-state index contributed by atoms with van der Waals surface area (Å²) in [5.74, 6) is 1.47. The molecule has 1 aliphatic heterocycles. The Morgan fingerprint density at radius 1 is 1.33 bits per heavy atom. The zero-order valence-corrected chi connectivity index (χ0v) is 12.1. The molecule has 0 radical (unpaired) electrons. The van der Waals surface area contributed by atoms with Crippen molar-refractivity contribution in [3.8, 4) is 0 Å². The van der Waals surface area contributed by atoms with Crippen LogP contribution >= 0.6 is 0 Å². The smallest absolute Gasteiger partial charge is 0.274 e. The predicted molar refractivity (Wildman–Crippen MR) is 77.6 cm³/mol. The molecule has 0 aromatic carbocycles. The van der Waals surface area contributed by atoms with E-state index in [0.29, 0.717) is 11.6 Å². The number of amides is 1. The quantitative estimate of drug-likeness (QED) is 0.858. The maximum atomic E-state index is 12.4. The fraction of sp³-hybridized carbons (Fsp3) is 0.467. The second kappa shape index (κ2) is 6.03. The van der Waals surface area contributed by atoms with Gasteiger partial charge in [-0.2, -0.15) is 0 Å². The van der Waals surface area contributed by atoms with Crippen molar-refractivity contribution in [2.24, 2.45) is 5.92 Å². The molecule has 0 saturated carbocycles. The molecule has 2 aromatic heterocycles. The van der Waals surface area contributed by atoms with Crippen LogP contribution in [0.1, 0.15) is 29.2 Å². The highest BCUT2D eigenvalue weighted by Crippen LogP contribution is 2.20. The molecule has 1 fully saturated rings. The predicted octanol–water partition coefficient (Wildman–Crippen LogP) is 1.53. The number of likely N-dealkylation sites (tertiary alicyclic amines) is 1. The van der Waals surface area contributed by atoms with Crippen molar-refractivity contribution in [1.29, 1.82) is 0 Å². The maximum Gasteiger partial charge on any atom is 0.274 e. The van der Waals surface area contributed by atoms with Crippen LogP contribution in [0, 0.1) is 12.8 Å². The number of piperidine rings is 1. The summed E-state index contributed by atoms with van der Waals surface area (Å²) in [4.78, 5) is 26.6. The van der Waals surface area contributed by atoms with Gasteiger partial charge < -0.3 is 9.47 Å². The van der Waals surface area contributed by atoms with Crippen LogP contribution in [0.25, 0.3) is 0 Å². The Kier molecular flexibility index (Phi) is 3.94. The summed E-state index contributed by atoms with van der Waals surface area (Å²) >= 11 is 0. The molecule has 6 heteroatoms. The van der Waals surface area contributed by atoms with Crippen LogP contribution in [0.5, 0.6) is 0 Å². The van der Waals surface area contributed by atoms with Crippen molar-refractivity contribution < 1.29 is 4.79 Å². The topological polar surface area (TPSA) is 63.9 Å². The van der Waals surface area contributed by atoms with Gasteiger partial charge in [0.15, 0.2) is 0 Å². The van der Waals surface area contributed by atoms with E-state index in [2.05, 4.69) is 19.5 Å². The van der Waals surface area contributed by atoms with Crippen LogP contribution in [0.3, 0.4) is 0 Å². The lowest BCUT2D eigenvalue weighted by molar-refractivity contribution is 0.0655. The Bertz CT molecular complexity index is 610. The molecular formula is C15H19N5O. The normalized spacial score (nSPS) is 18.7. The van der Waals surface area contributed by atoms with Crippen molar-refractivity contribution in [3.63, 3.8) is 0 Å². The third kappa shape index (κ3) is 3.09. The second-order valence-corrected chi connectivity index (χ2v) is 5.48. The highest BCUT2D eigenvalue weighted by atomic mass is 16.2. The van der Waals surface area contributed by atoms with Crippen molar-refractivity contribution in [1.82, 2.24) is 24.4 Å².